The van der Waals surface area contributed by atoms with Crippen LogP contribution in [0, 0.1) is 20.8 Å². The van der Waals surface area contributed by atoms with E-state index in [0.717, 1.165) is 15.3 Å². The Bertz CT molecular complexity index is 1670. The molecule has 5 heteroatoms. The third-order valence-corrected chi connectivity index (χ3v) is 8.79. The number of allylic oxidation sites excluding steroid dienone is 1. The minimum atomic E-state index is -0.230. The van der Waals surface area contributed by atoms with Crippen molar-refractivity contribution in [3.05, 3.63) is 110 Å². The first-order valence-corrected chi connectivity index (χ1v) is 13.4. The van der Waals surface area contributed by atoms with Gasteiger partial charge in [-0.05, 0) is 61.2 Å². The first kappa shape index (κ1) is 23.7. The third kappa shape index (κ3) is 3.48. The topological polar surface area (TPSA) is 37.4 Å². The average molecular weight is 501 g/mol. The zero-order valence-corrected chi connectivity index (χ0v) is 22.8. The number of hydrogen-bond donors (Lipinski definition) is 0. The first-order valence-electron chi connectivity index (χ1n) is 12.6. The van der Waals surface area contributed by atoms with Crippen LogP contribution in [0.1, 0.15) is 67.3 Å². The zero-order chi connectivity index (χ0) is 26.2. The molecule has 0 fully saturated rings. The number of hydrogen-bond acceptors (Lipinski definition) is 4. The molecule has 182 valence electrons. The van der Waals surface area contributed by atoms with Gasteiger partial charge in [0.15, 0.2) is 11.6 Å². The van der Waals surface area contributed by atoms with Crippen LogP contribution in [0.3, 0.4) is 0 Å². The molecule has 1 aliphatic carbocycles. The Morgan fingerprint density at radius 2 is 1.51 bits per heavy atom. The van der Waals surface area contributed by atoms with Crippen molar-refractivity contribution >= 4 is 58.7 Å². The average Bonchev–Trinajstić information content (AvgIpc) is 3.37. The highest BCUT2D eigenvalue weighted by Gasteiger charge is 2.40. The largest absolute Gasteiger partial charge is 0.301 e. The van der Waals surface area contributed by atoms with Crippen LogP contribution in [-0.2, 0) is 5.41 Å². The normalized spacial score (nSPS) is 16.7. The molecule has 0 unspecified atom stereocenters. The van der Waals surface area contributed by atoms with Crippen LogP contribution in [0.25, 0.3) is 6.08 Å². The van der Waals surface area contributed by atoms with E-state index < -0.39 is 0 Å². The minimum absolute atomic E-state index is 0.181. The van der Waals surface area contributed by atoms with Gasteiger partial charge >= 0.3 is 0 Å². The fraction of sp³-hybridized carbons (Fsp3) is 0.188. The molecule has 0 saturated carbocycles. The molecule has 0 bridgehead atoms. The number of rotatable bonds is 2. The van der Waals surface area contributed by atoms with E-state index in [1.165, 1.54) is 39.2 Å². The number of carbonyl (C=O) groups is 2. The van der Waals surface area contributed by atoms with Gasteiger partial charge in [0, 0.05) is 21.4 Å². The molecule has 2 aliphatic rings. The smallest absolute Gasteiger partial charge is 0.197 e. The van der Waals surface area contributed by atoms with Crippen LogP contribution in [0.5, 0.6) is 0 Å². The first-order chi connectivity index (χ1) is 17.6. The highest BCUT2D eigenvalue weighted by molar-refractivity contribution is 7.17. The van der Waals surface area contributed by atoms with Gasteiger partial charge in [-0.25, -0.2) is 0 Å². The van der Waals surface area contributed by atoms with Gasteiger partial charge in [0.2, 0.25) is 0 Å². The standard InChI is InChI=1S/C32H28BNO2S/c1-17-12-18(2)28(19(3)13-17)34-27-9-7-6-8-25(27)32(4,5)26-16-21(37-31(26)34)15-24-29(35)22-11-10-20(33)14-23(22)30(24)36/h6-16H,33H2,1-5H3/b24-15+. The zero-order valence-electron chi connectivity index (χ0n) is 22.0. The summed E-state index contributed by atoms with van der Waals surface area (Å²) in [6, 6.07) is 20.7. The lowest BCUT2D eigenvalue weighted by Gasteiger charge is -2.41. The van der Waals surface area contributed by atoms with Gasteiger partial charge in [0.05, 0.1) is 16.9 Å². The van der Waals surface area contributed by atoms with Gasteiger partial charge in [-0.1, -0.05) is 73.4 Å². The molecule has 0 atom stereocenters. The Balaban J connectivity index is 1.56. The summed E-state index contributed by atoms with van der Waals surface area (Å²) in [4.78, 5) is 29.7. The number of Topliss-reactive ketones (excluding diaryl/α,β-unsaturated/α-hetero) is 2. The molecule has 6 rings (SSSR count). The van der Waals surface area contributed by atoms with Crippen LogP contribution in [0.4, 0.5) is 16.4 Å². The van der Waals surface area contributed by atoms with Crippen molar-refractivity contribution in [3.63, 3.8) is 0 Å². The van der Waals surface area contributed by atoms with E-state index in [9.17, 15) is 9.59 Å². The number of nitrogens with zero attached hydrogens (tertiary/aromatic N) is 1. The van der Waals surface area contributed by atoms with E-state index in [1.54, 1.807) is 23.5 Å². The van der Waals surface area contributed by atoms with Crippen LogP contribution in [0.15, 0.2) is 66.2 Å². The van der Waals surface area contributed by atoms with E-state index in [0.29, 0.717) is 11.1 Å². The summed E-state index contributed by atoms with van der Waals surface area (Å²) in [5.74, 6) is -0.365. The van der Waals surface area contributed by atoms with Crippen molar-refractivity contribution in [3.8, 4) is 0 Å². The summed E-state index contributed by atoms with van der Waals surface area (Å²) in [5, 5.41) is 1.14. The summed E-state index contributed by atoms with van der Waals surface area (Å²) in [7, 11) is 1.94. The second-order valence-corrected chi connectivity index (χ2v) is 11.9. The van der Waals surface area contributed by atoms with E-state index >= 15 is 0 Å². The molecular weight excluding hydrogens is 473 g/mol. The van der Waals surface area contributed by atoms with Crippen LogP contribution in [0.2, 0.25) is 0 Å². The number of benzene rings is 3. The van der Waals surface area contributed by atoms with Gasteiger partial charge in [-0.2, -0.15) is 0 Å². The lowest BCUT2D eigenvalue weighted by Crippen LogP contribution is -2.29. The molecule has 0 spiro atoms. The Hall–Kier alpha value is -3.70. The highest BCUT2D eigenvalue weighted by Crippen LogP contribution is 2.56. The van der Waals surface area contributed by atoms with E-state index in [4.69, 9.17) is 0 Å². The predicted molar refractivity (Wildman–Crippen MR) is 157 cm³/mol. The minimum Gasteiger partial charge on any atom is -0.301 e. The molecule has 0 N–H and O–H groups in total. The van der Waals surface area contributed by atoms with Gasteiger partial charge < -0.3 is 4.90 Å². The van der Waals surface area contributed by atoms with E-state index in [1.807, 2.05) is 20.0 Å². The maximum Gasteiger partial charge on any atom is 0.197 e. The Labute approximate surface area is 222 Å². The van der Waals surface area contributed by atoms with Crippen molar-refractivity contribution in [1.29, 1.82) is 0 Å². The number of fused-ring (bicyclic) bond motifs is 3. The molecule has 3 nitrogen and oxygen atoms in total. The Morgan fingerprint density at radius 3 is 2.24 bits per heavy atom. The second kappa shape index (κ2) is 8.16. The second-order valence-electron chi connectivity index (χ2n) is 10.9. The van der Waals surface area contributed by atoms with Gasteiger partial charge in [0.1, 0.15) is 12.8 Å². The number of carbonyl (C=O) groups excluding carboxylic acids is 2. The monoisotopic (exact) mass is 501 g/mol. The third-order valence-electron chi connectivity index (χ3n) is 7.73. The molecule has 1 aliphatic heterocycles. The lowest BCUT2D eigenvalue weighted by atomic mass is 9.75. The molecule has 2 heterocycles. The maximum atomic E-state index is 13.2. The predicted octanol–water partition coefficient (Wildman–Crippen LogP) is 6.50. The van der Waals surface area contributed by atoms with Crippen molar-refractivity contribution in [1.82, 2.24) is 0 Å². The Kier molecular flexibility index (Phi) is 5.22. The number of aryl methyl sites for hydroxylation is 3. The molecule has 1 aromatic heterocycles. The lowest BCUT2D eigenvalue weighted by molar-refractivity contribution is 0.0990. The van der Waals surface area contributed by atoms with Gasteiger partial charge in [-0.15, -0.1) is 11.3 Å². The highest BCUT2D eigenvalue weighted by atomic mass is 32.1. The summed E-state index contributed by atoms with van der Waals surface area (Å²) < 4.78 is 0. The Morgan fingerprint density at radius 1 is 0.838 bits per heavy atom. The van der Waals surface area contributed by atoms with Gasteiger partial charge in [0.25, 0.3) is 0 Å². The molecule has 4 aromatic rings. The molecule has 3 aromatic carbocycles. The molecule has 0 radical (unpaired) electrons. The van der Waals surface area contributed by atoms with E-state index in [2.05, 4.69) is 82.0 Å². The summed E-state index contributed by atoms with van der Waals surface area (Å²) in [6.07, 6.45) is 1.80. The summed E-state index contributed by atoms with van der Waals surface area (Å²) in [5.41, 5.74) is 10.5. The number of ketones is 2. The fourth-order valence-electron chi connectivity index (χ4n) is 5.99. The quantitative estimate of drug-likeness (QED) is 0.179. The van der Waals surface area contributed by atoms with Crippen molar-refractivity contribution in [2.75, 3.05) is 4.90 Å². The molecule has 37 heavy (non-hydrogen) atoms. The number of thiophene rings is 1. The molecular formula is C32H28BNO2S. The number of para-hydroxylation sites is 1. The van der Waals surface area contributed by atoms with Crippen molar-refractivity contribution in [2.45, 2.75) is 40.0 Å². The summed E-state index contributed by atoms with van der Waals surface area (Å²) in [6.45, 7) is 11.0. The van der Waals surface area contributed by atoms with Crippen molar-refractivity contribution < 1.29 is 9.59 Å². The maximum absolute atomic E-state index is 13.2. The van der Waals surface area contributed by atoms with Crippen LogP contribution >= 0.6 is 11.3 Å². The summed E-state index contributed by atoms with van der Waals surface area (Å²) >= 11 is 1.64. The molecule has 0 saturated heterocycles. The van der Waals surface area contributed by atoms with Crippen LogP contribution in [-0.4, -0.2) is 19.4 Å². The van der Waals surface area contributed by atoms with Crippen molar-refractivity contribution in [2.24, 2.45) is 0 Å². The van der Waals surface area contributed by atoms with Crippen LogP contribution < -0.4 is 10.4 Å². The van der Waals surface area contributed by atoms with Gasteiger partial charge in [-0.3, -0.25) is 9.59 Å². The van der Waals surface area contributed by atoms with E-state index in [-0.39, 0.29) is 22.6 Å². The molecule has 0 amide bonds. The fourth-order valence-corrected chi connectivity index (χ4v) is 7.28. The SMILES string of the molecule is Bc1ccc2c(c1)C(=O)/C(=C/c1cc3c(s1)N(c1c(C)cc(C)cc1C)c1ccccc1C3(C)C)C2=O. The number of anilines is 3.